The Balaban J connectivity index is 2.43. The third kappa shape index (κ3) is 1.32. The first kappa shape index (κ1) is 8.29. The number of aromatic nitrogens is 2. The molecule has 0 atom stereocenters. The molecule has 1 aliphatic carbocycles. The quantitative estimate of drug-likeness (QED) is 0.642. The molecular weight excluding hydrogens is 164 g/mol. The molecule has 70 valence electrons. The van der Waals surface area contributed by atoms with E-state index in [1.807, 2.05) is 25.0 Å². The number of fused-ring (bicyclic) bond motifs is 1. The van der Waals surface area contributed by atoms with Crippen LogP contribution in [0.25, 0.3) is 0 Å². The van der Waals surface area contributed by atoms with Crippen LogP contribution in [0.15, 0.2) is 11.3 Å². The Bertz CT molecular complexity index is 337. The molecule has 0 radical (unpaired) electrons. The van der Waals surface area contributed by atoms with Gasteiger partial charge in [0.1, 0.15) is 0 Å². The Morgan fingerprint density at radius 3 is 3.15 bits per heavy atom. The molecule has 0 unspecified atom stereocenters. The average Bonchev–Trinajstić information content (AvgIpc) is 2.50. The minimum atomic E-state index is 1.06. The highest BCUT2D eigenvalue weighted by molar-refractivity contribution is 6.02. The van der Waals surface area contributed by atoms with E-state index in [2.05, 4.69) is 15.6 Å². The minimum Gasteiger partial charge on any atom is -0.313 e. The number of nitrogens with one attached hydrogen (secondary N) is 1. The van der Waals surface area contributed by atoms with E-state index in [-0.39, 0.29) is 0 Å². The van der Waals surface area contributed by atoms with Gasteiger partial charge in [-0.15, -0.1) is 0 Å². The summed E-state index contributed by atoms with van der Waals surface area (Å²) in [5.41, 5.74) is 6.49. The lowest BCUT2D eigenvalue weighted by molar-refractivity contribution is 0.680. The zero-order valence-electron chi connectivity index (χ0n) is 8.04. The van der Waals surface area contributed by atoms with Gasteiger partial charge in [0, 0.05) is 25.4 Å². The van der Waals surface area contributed by atoms with Crippen LogP contribution < -0.4 is 5.43 Å². The molecular formula is C9H14N4. The number of rotatable bonds is 1. The van der Waals surface area contributed by atoms with E-state index >= 15 is 0 Å². The monoisotopic (exact) mass is 178 g/mol. The Kier molecular flexibility index (Phi) is 2.04. The third-order valence-electron chi connectivity index (χ3n) is 2.45. The number of hydrogen-bond acceptors (Lipinski definition) is 3. The maximum absolute atomic E-state index is 4.25. The second-order valence-electron chi connectivity index (χ2n) is 3.26. The molecule has 1 N–H and O–H groups in total. The van der Waals surface area contributed by atoms with Gasteiger partial charge in [-0.05, 0) is 19.3 Å². The van der Waals surface area contributed by atoms with E-state index in [1.54, 1.807) is 0 Å². The molecule has 0 fully saturated rings. The van der Waals surface area contributed by atoms with E-state index < -0.39 is 0 Å². The molecule has 0 aliphatic heterocycles. The summed E-state index contributed by atoms with van der Waals surface area (Å²) in [7, 11) is 3.82. The van der Waals surface area contributed by atoms with Gasteiger partial charge < -0.3 is 5.43 Å². The highest BCUT2D eigenvalue weighted by Gasteiger charge is 2.18. The van der Waals surface area contributed by atoms with Gasteiger partial charge in [0.2, 0.25) is 0 Å². The molecule has 4 heteroatoms. The maximum Gasteiger partial charge on any atom is 0.0709 e. The summed E-state index contributed by atoms with van der Waals surface area (Å²) in [6, 6.07) is 0. The summed E-state index contributed by atoms with van der Waals surface area (Å²) >= 11 is 0. The minimum absolute atomic E-state index is 1.06. The summed E-state index contributed by atoms with van der Waals surface area (Å²) in [5, 5.41) is 8.49. The molecule has 1 aromatic heterocycles. The lowest BCUT2D eigenvalue weighted by Crippen LogP contribution is -2.15. The SMILES string of the molecule is CN/N=C1/CCCc2c1cnn2C. The van der Waals surface area contributed by atoms with Crippen LogP contribution in [0.4, 0.5) is 0 Å². The second kappa shape index (κ2) is 3.20. The normalized spacial score (nSPS) is 18.8. The molecule has 0 saturated carbocycles. The fourth-order valence-electron chi connectivity index (χ4n) is 1.81. The molecule has 0 spiro atoms. The van der Waals surface area contributed by atoms with Gasteiger partial charge in [-0.25, -0.2) is 0 Å². The van der Waals surface area contributed by atoms with E-state index in [0.717, 1.165) is 18.6 Å². The highest BCUT2D eigenvalue weighted by atomic mass is 15.3. The largest absolute Gasteiger partial charge is 0.313 e. The Morgan fingerprint density at radius 1 is 1.54 bits per heavy atom. The zero-order chi connectivity index (χ0) is 9.26. The predicted molar refractivity (Wildman–Crippen MR) is 51.7 cm³/mol. The number of hydrazone groups is 1. The first-order valence-corrected chi connectivity index (χ1v) is 4.57. The van der Waals surface area contributed by atoms with Crippen LogP contribution in [0, 0.1) is 0 Å². The van der Waals surface area contributed by atoms with Crippen molar-refractivity contribution in [1.82, 2.24) is 15.2 Å². The molecule has 1 heterocycles. The van der Waals surface area contributed by atoms with E-state index in [0.29, 0.717) is 0 Å². The molecule has 2 rings (SSSR count). The van der Waals surface area contributed by atoms with E-state index in [1.165, 1.54) is 17.7 Å². The third-order valence-corrected chi connectivity index (χ3v) is 2.45. The van der Waals surface area contributed by atoms with Crippen molar-refractivity contribution < 1.29 is 0 Å². The van der Waals surface area contributed by atoms with Gasteiger partial charge in [0.15, 0.2) is 0 Å². The Morgan fingerprint density at radius 2 is 2.38 bits per heavy atom. The second-order valence-corrected chi connectivity index (χ2v) is 3.26. The van der Waals surface area contributed by atoms with Gasteiger partial charge >= 0.3 is 0 Å². The lowest BCUT2D eigenvalue weighted by atomic mass is 9.96. The van der Waals surface area contributed by atoms with Crippen molar-refractivity contribution in [3.63, 3.8) is 0 Å². The van der Waals surface area contributed by atoms with Crippen molar-refractivity contribution >= 4 is 5.71 Å². The smallest absolute Gasteiger partial charge is 0.0709 e. The van der Waals surface area contributed by atoms with Gasteiger partial charge in [-0.1, -0.05) is 0 Å². The first-order valence-electron chi connectivity index (χ1n) is 4.57. The molecule has 1 aliphatic rings. The van der Waals surface area contributed by atoms with Crippen LogP contribution in [-0.4, -0.2) is 22.5 Å². The fraction of sp³-hybridized carbons (Fsp3) is 0.556. The van der Waals surface area contributed by atoms with Gasteiger partial charge in [0.05, 0.1) is 11.9 Å². The number of hydrogen-bond donors (Lipinski definition) is 1. The molecule has 0 saturated heterocycles. The zero-order valence-corrected chi connectivity index (χ0v) is 8.04. The van der Waals surface area contributed by atoms with Crippen molar-refractivity contribution in [1.29, 1.82) is 0 Å². The summed E-state index contributed by atoms with van der Waals surface area (Å²) < 4.78 is 1.94. The number of aryl methyl sites for hydroxylation is 1. The average molecular weight is 178 g/mol. The van der Waals surface area contributed by atoms with Crippen molar-refractivity contribution in [3.8, 4) is 0 Å². The van der Waals surface area contributed by atoms with Crippen molar-refractivity contribution in [2.75, 3.05) is 7.05 Å². The van der Waals surface area contributed by atoms with Crippen LogP contribution in [0.5, 0.6) is 0 Å². The first-order chi connectivity index (χ1) is 6.33. The van der Waals surface area contributed by atoms with Crippen molar-refractivity contribution in [3.05, 3.63) is 17.5 Å². The standard InChI is InChI=1S/C9H14N4/c1-10-12-8-4-3-5-9-7(8)6-11-13(9)2/h6,10H,3-5H2,1-2H3/b12-8-. The molecule has 1 aromatic rings. The summed E-state index contributed by atoms with van der Waals surface area (Å²) in [4.78, 5) is 0. The van der Waals surface area contributed by atoms with Gasteiger partial charge in [0.25, 0.3) is 0 Å². The molecule has 0 amide bonds. The van der Waals surface area contributed by atoms with E-state index in [4.69, 9.17) is 0 Å². The molecule has 0 aromatic carbocycles. The summed E-state index contributed by atoms with van der Waals surface area (Å²) in [5.74, 6) is 0. The summed E-state index contributed by atoms with van der Waals surface area (Å²) in [6.07, 6.45) is 5.26. The van der Waals surface area contributed by atoms with Crippen LogP contribution in [0.2, 0.25) is 0 Å². The van der Waals surface area contributed by atoms with Crippen LogP contribution in [0.3, 0.4) is 0 Å². The Labute approximate surface area is 77.6 Å². The molecule has 4 nitrogen and oxygen atoms in total. The van der Waals surface area contributed by atoms with Crippen LogP contribution in [0.1, 0.15) is 24.1 Å². The maximum atomic E-state index is 4.25. The topological polar surface area (TPSA) is 42.2 Å². The van der Waals surface area contributed by atoms with Crippen molar-refractivity contribution in [2.24, 2.45) is 12.1 Å². The summed E-state index contributed by atoms with van der Waals surface area (Å²) in [6.45, 7) is 0. The lowest BCUT2D eigenvalue weighted by Gasteiger charge is -2.13. The fourth-order valence-corrected chi connectivity index (χ4v) is 1.81. The highest BCUT2D eigenvalue weighted by Crippen LogP contribution is 2.20. The Hall–Kier alpha value is -1.32. The van der Waals surface area contributed by atoms with Crippen molar-refractivity contribution in [2.45, 2.75) is 19.3 Å². The van der Waals surface area contributed by atoms with Crippen LogP contribution in [-0.2, 0) is 13.5 Å². The van der Waals surface area contributed by atoms with Gasteiger partial charge in [-0.3, -0.25) is 4.68 Å². The van der Waals surface area contributed by atoms with E-state index in [9.17, 15) is 0 Å². The van der Waals surface area contributed by atoms with Crippen LogP contribution >= 0.6 is 0 Å². The number of nitrogens with zero attached hydrogens (tertiary/aromatic N) is 3. The van der Waals surface area contributed by atoms with Gasteiger partial charge in [-0.2, -0.15) is 10.2 Å². The molecule has 13 heavy (non-hydrogen) atoms. The molecule has 0 bridgehead atoms. The predicted octanol–water partition coefficient (Wildman–Crippen LogP) is 0.680.